The van der Waals surface area contributed by atoms with Crippen LogP contribution in [0.4, 0.5) is 0 Å². The zero-order chi connectivity index (χ0) is 22.6. The van der Waals surface area contributed by atoms with E-state index in [4.69, 9.17) is 0 Å². The van der Waals surface area contributed by atoms with Crippen LogP contribution in [0.5, 0.6) is 0 Å². The maximum absolute atomic E-state index is 12.9. The molecule has 0 aliphatic heterocycles. The Hall–Kier alpha value is -0.590. The molecule has 0 bridgehead atoms. The van der Waals surface area contributed by atoms with Gasteiger partial charge in [-0.05, 0) is 109 Å². The van der Waals surface area contributed by atoms with Crippen molar-refractivity contribution < 1.29 is 4.79 Å². The van der Waals surface area contributed by atoms with Gasteiger partial charge in [0.2, 0.25) is 0 Å². The Kier molecular flexibility index (Phi) is 4.66. The summed E-state index contributed by atoms with van der Waals surface area (Å²) in [5.74, 6) is 4.22. The van der Waals surface area contributed by atoms with E-state index in [1.807, 2.05) is 0 Å². The third-order valence-electron chi connectivity index (χ3n) is 13.3. The van der Waals surface area contributed by atoms with Crippen molar-refractivity contribution >= 4 is 5.78 Å². The summed E-state index contributed by atoms with van der Waals surface area (Å²) < 4.78 is 0. The fraction of sp³-hybridized carbons (Fsp3) is 0.900. The zero-order valence-corrected chi connectivity index (χ0v) is 21.6. The molecule has 5 aliphatic carbocycles. The van der Waals surface area contributed by atoms with Crippen LogP contribution in [0.25, 0.3) is 0 Å². The highest BCUT2D eigenvalue weighted by atomic mass is 16.1. The molecule has 5 aliphatic rings. The van der Waals surface area contributed by atoms with Crippen LogP contribution in [-0.2, 0) is 4.79 Å². The second-order valence-electron chi connectivity index (χ2n) is 14.4. The summed E-state index contributed by atoms with van der Waals surface area (Å²) in [7, 11) is 0. The van der Waals surface area contributed by atoms with Crippen molar-refractivity contribution in [2.24, 2.45) is 56.7 Å². The van der Waals surface area contributed by atoms with Gasteiger partial charge in [0, 0.05) is 11.8 Å². The molecular formula is C30H48O. The lowest BCUT2D eigenvalue weighted by Gasteiger charge is -2.73. The van der Waals surface area contributed by atoms with Gasteiger partial charge in [-0.3, -0.25) is 4.79 Å². The van der Waals surface area contributed by atoms with Gasteiger partial charge in [-0.1, -0.05) is 60.6 Å². The van der Waals surface area contributed by atoms with Gasteiger partial charge in [-0.15, -0.1) is 0 Å². The minimum Gasteiger partial charge on any atom is -0.299 e. The van der Waals surface area contributed by atoms with Crippen molar-refractivity contribution in [1.82, 2.24) is 0 Å². The van der Waals surface area contributed by atoms with E-state index in [1.165, 1.54) is 56.9 Å². The van der Waals surface area contributed by atoms with E-state index in [0.717, 1.165) is 30.6 Å². The summed E-state index contributed by atoms with van der Waals surface area (Å²) in [5.41, 5.74) is 3.10. The van der Waals surface area contributed by atoms with E-state index < -0.39 is 0 Å². The van der Waals surface area contributed by atoms with Crippen LogP contribution >= 0.6 is 0 Å². The highest BCUT2D eigenvalue weighted by molar-refractivity contribution is 5.85. The van der Waals surface area contributed by atoms with Crippen molar-refractivity contribution in [2.45, 2.75) is 113 Å². The highest BCUT2D eigenvalue weighted by Crippen LogP contribution is 2.76. The molecule has 31 heavy (non-hydrogen) atoms. The Bertz CT molecular complexity index is 807. The number of hydrogen-bond acceptors (Lipinski definition) is 1. The second-order valence-corrected chi connectivity index (χ2v) is 14.4. The Labute approximate surface area is 192 Å². The van der Waals surface area contributed by atoms with Gasteiger partial charge in [0.1, 0.15) is 5.78 Å². The third kappa shape index (κ3) is 2.59. The Balaban J connectivity index is 1.55. The highest BCUT2D eigenvalue weighted by Gasteiger charge is 2.69. The monoisotopic (exact) mass is 424 g/mol. The number of rotatable bonds is 0. The number of fused-ring (bicyclic) bond motifs is 7. The molecule has 0 heterocycles. The molecule has 1 heteroatoms. The zero-order valence-electron chi connectivity index (χ0n) is 21.6. The van der Waals surface area contributed by atoms with Crippen molar-refractivity contribution in [3.05, 3.63) is 12.2 Å². The molecule has 0 aromatic heterocycles. The predicted molar refractivity (Wildman–Crippen MR) is 130 cm³/mol. The van der Waals surface area contributed by atoms with Gasteiger partial charge in [-0.25, -0.2) is 0 Å². The Morgan fingerprint density at radius 1 is 0.774 bits per heavy atom. The van der Waals surface area contributed by atoms with Gasteiger partial charge < -0.3 is 0 Å². The van der Waals surface area contributed by atoms with Crippen LogP contribution in [0.1, 0.15) is 113 Å². The van der Waals surface area contributed by atoms with Crippen LogP contribution < -0.4 is 0 Å². The molecule has 0 aromatic rings. The molecule has 0 radical (unpaired) electrons. The topological polar surface area (TPSA) is 17.1 Å². The molecule has 5 saturated carbocycles. The summed E-state index contributed by atoms with van der Waals surface area (Å²) >= 11 is 0. The van der Waals surface area contributed by atoms with Crippen molar-refractivity contribution in [1.29, 1.82) is 0 Å². The lowest BCUT2D eigenvalue weighted by molar-refractivity contribution is -0.239. The largest absolute Gasteiger partial charge is 0.299 e. The molecule has 0 aromatic carbocycles. The summed E-state index contributed by atoms with van der Waals surface area (Å²) in [6, 6.07) is 0. The first-order chi connectivity index (χ1) is 14.3. The average molecular weight is 425 g/mol. The number of carbonyl (C=O) groups excluding carboxylic acids is 1. The van der Waals surface area contributed by atoms with Crippen LogP contribution in [-0.4, -0.2) is 5.78 Å². The van der Waals surface area contributed by atoms with Gasteiger partial charge in [0.05, 0.1) is 0 Å². The molecule has 2 unspecified atom stereocenters. The summed E-state index contributed by atoms with van der Waals surface area (Å²) in [6.07, 6.45) is 12.8. The van der Waals surface area contributed by atoms with E-state index in [1.54, 1.807) is 0 Å². The van der Waals surface area contributed by atoms with Crippen LogP contribution in [0.2, 0.25) is 0 Å². The van der Waals surface area contributed by atoms with Crippen LogP contribution in [0, 0.1) is 56.7 Å². The molecule has 5 rings (SSSR count). The Morgan fingerprint density at radius 3 is 2.19 bits per heavy atom. The molecule has 0 spiro atoms. The fourth-order valence-electron chi connectivity index (χ4n) is 11.2. The summed E-state index contributed by atoms with van der Waals surface area (Å²) in [6.45, 7) is 22.3. The van der Waals surface area contributed by atoms with E-state index in [0.29, 0.717) is 39.3 Å². The molecule has 0 saturated heterocycles. The molecule has 1 nitrogen and oxygen atoms in total. The number of carbonyl (C=O) groups is 1. The predicted octanol–water partition coefficient (Wildman–Crippen LogP) is 8.23. The number of Topliss-reactive ketones (excluding diaryl/α,β-unsaturated/α-hetero) is 1. The Morgan fingerprint density at radius 2 is 1.48 bits per heavy atom. The summed E-state index contributed by atoms with van der Waals surface area (Å²) in [5, 5.41) is 0. The SMILES string of the molecule is C=C1CC[C@]2(C)CC[C@]3(C)[C@H](CC[C@@H]4[C@@]5(C)CCC(=O)C(C)(C)C5CC[C@]43C)[C@@H]2C1C. The van der Waals surface area contributed by atoms with Crippen LogP contribution in [0.3, 0.4) is 0 Å². The van der Waals surface area contributed by atoms with Crippen molar-refractivity contribution in [2.75, 3.05) is 0 Å². The second kappa shape index (κ2) is 6.50. The lowest BCUT2D eigenvalue weighted by Crippen LogP contribution is -2.66. The molecule has 0 amide bonds. The quantitative estimate of drug-likeness (QED) is 0.358. The molecule has 0 N–H and O–H groups in total. The van der Waals surface area contributed by atoms with E-state index in [9.17, 15) is 4.79 Å². The first-order valence-electron chi connectivity index (χ1n) is 13.5. The average Bonchev–Trinajstić information content (AvgIpc) is 2.69. The van der Waals surface area contributed by atoms with Gasteiger partial charge >= 0.3 is 0 Å². The number of ketones is 1. The normalized spacial score (nSPS) is 56.2. The van der Waals surface area contributed by atoms with E-state index in [2.05, 4.69) is 55.0 Å². The maximum Gasteiger partial charge on any atom is 0.138 e. The maximum atomic E-state index is 12.9. The van der Waals surface area contributed by atoms with Crippen LogP contribution in [0.15, 0.2) is 12.2 Å². The van der Waals surface area contributed by atoms with E-state index >= 15 is 0 Å². The minimum atomic E-state index is -0.132. The molecule has 174 valence electrons. The summed E-state index contributed by atoms with van der Waals surface area (Å²) in [4.78, 5) is 12.9. The van der Waals surface area contributed by atoms with Gasteiger partial charge in [0.15, 0.2) is 0 Å². The van der Waals surface area contributed by atoms with Gasteiger partial charge in [0.25, 0.3) is 0 Å². The molecular weight excluding hydrogens is 376 g/mol. The standard InChI is InChI=1S/C30H48O/c1-19-11-14-27(5)17-18-29(7)21(25(27)20(19)2)9-10-23-28(6)15-13-24(31)26(3,4)22(28)12-16-30(23,29)8/h20-23,25H,1,9-18H2,2-8H3/t20?,21-,22?,23-,25+,27-,28+,29-,30-/m1/s1. The lowest BCUT2D eigenvalue weighted by atomic mass is 9.31. The fourth-order valence-corrected chi connectivity index (χ4v) is 11.2. The van der Waals surface area contributed by atoms with E-state index in [-0.39, 0.29) is 5.41 Å². The number of allylic oxidation sites excluding steroid dienone is 1. The first kappa shape index (κ1) is 22.2. The number of hydrogen-bond donors (Lipinski definition) is 0. The van der Waals surface area contributed by atoms with Crippen molar-refractivity contribution in [3.8, 4) is 0 Å². The third-order valence-corrected chi connectivity index (χ3v) is 13.3. The minimum absolute atomic E-state index is 0.132. The van der Waals surface area contributed by atoms with Crippen molar-refractivity contribution in [3.63, 3.8) is 0 Å². The van der Waals surface area contributed by atoms with Gasteiger partial charge in [-0.2, -0.15) is 0 Å². The molecule has 9 atom stereocenters. The molecule has 5 fully saturated rings. The first-order valence-corrected chi connectivity index (χ1v) is 13.5. The smallest absolute Gasteiger partial charge is 0.138 e.